The molecule has 1 saturated heterocycles. The van der Waals surface area contributed by atoms with Gasteiger partial charge in [0.25, 0.3) is 0 Å². The Balaban J connectivity index is 0.00000417. The molecule has 238 valence electrons. The van der Waals surface area contributed by atoms with Gasteiger partial charge in [-0.3, -0.25) is 14.4 Å². The number of Topliss-reactive ketones (excluding diaryl/α,β-unsaturated/α-hetero) is 1. The molecule has 3 aliphatic rings. The molecule has 0 aromatic carbocycles. The second-order valence-electron chi connectivity index (χ2n) is 11.9. The van der Waals surface area contributed by atoms with E-state index in [0.29, 0.717) is 40.2 Å². The summed E-state index contributed by atoms with van der Waals surface area (Å²) in [7, 11) is 2.63. The summed E-state index contributed by atoms with van der Waals surface area (Å²) < 4.78 is 10.1. The number of carbonyl (C=O) groups is 3. The number of hydrogen-bond donors (Lipinski definition) is 0. The van der Waals surface area contributed by atoms with Crippen LogP contribution >= 0.6 is 0 Å². The number of hydrogen-bond acceptors (Lipinski definition) is 5. The van der Waals surface area contributed by atoms with Gasteiger partial charge in [0.05, 0.1) is 14.2 Å². The summed E-state index contributed by atoms with van der Waals surface area (Å²) in [6.45, 7) is 14.1. The molecule has 3 aromatic rings. The third kappa shape index (κ3) is 5.04. The maximum Gasteiger partial charge on any atom is 4.00 e. The van der Waals surface area contributed by atoms with Gasteiger partial charge in [0.2, 0.25) is 0 Å². The van der Waals surface area contributed by atoms with Crippen molar-refractivity contribution in [1.29, 1.82) is 0 Å². The number of rotatable bonds is 6. The molecule has 1 aliphatic carbocycles. The number of carbonyl (C=O) groups excluding carboxylic acids is 3. The SMILES string of the molecule is C=Cc1c2[n-]c(c1C)/C=C1\[N-]/C(=C3\c4[n-]c(c(C)c4C(=O)C3C(=O)OC)/C=c3\[n-]/c(c(C)c3CC)=C\2)C(CCC(=O)OC)C1C.[Fe+4]. The van der Waals surface area contributed by atoms with Gasteiger partial charge in [-0.15, -0.1) is 33.5 Å². The van der Waals surface area contributed by atoms with Gasteiger partial charge in [0.15, 0.2) is 5.78 Å². The van der Waals surface area contributed by atoms with Crippen LogP contribution in [0.15, 0.2) is 18.0 Å². The minimum absolute atomic E-state index is 0. The Morgan fingerprint density at radius 1 is 0.935 bits per heavy atom. The average Bonchev–Trinajstić information content (AvgIpc) is 3.76. The predicted molar refractivity (Wildman–Crippen MR) is 171 cm³/mol. The van der Waals surface area contributed by atoms with Gasteiger partial charge >= 0.3 is 29.0 Å². The van der Waals surface area contributed by atoms with Gasteiger partial charge < -0.3 is 29.7 Å². The number of fused-ring (bicyclic) bond motifs is 7. The Morgan fingerprint density at radius 3 is 2.28 bits per heavy atom. The molecule has 10 heteroatoms. The van der Waals surface area contributed by atoms with Crippen molar-refractivity contribution in [1.82, 2.24) is 15.0 Å². The molecule has 0 saturated carbocycles. The van der Waals surface area contributed by atoms with E-state index in [1.54, 1.807) is 0 Å². The number of nitrogens with zero attached hydrogens (tertiary/aromatic N) is 4. The van der Waals surface area contributed by atoms with Gasteiger partial charge in [0.1, 0.15) is 5.92 Å². The van der Waals surface area contributed by atoms with Crippen LogP contribution in [0.2, 0.25) is 0 Å². The topological polar surface area (TPSA) is 126 Å². The Labute approximate surface area is 278 Å². The monoisotopic (exact) mass is 660 g/mol. The van der Waals surface area contributed by atoms with Crippen molar-refractivity contribution >= 4 is 47.6 Å². The predicted octanol–water partition coefficient (Wildman–Crippen LogP) is 3.99. The summed E-state index contributed by atoms with van der Waals surface area (Å²) in [5, 5.41) is 6.70. The first-order valence-corrected chi connectivity index (χ1v) is 15.2. The van der Waals surface area contributed by atoms with Crippen LogP contribution in [0.4, 0.5) is 0 Å². The molecular weight excluding hydrogens is 624 g/mol. The van der Waals surface area contributed by atoms with Crippen LogP contribution in [-0.4, -0.2) is 31.9 Å². The third-order valence-electron chi connectivity index (χ3n) is 9.63. The second kappa shape index (κ2) is 12.5. The van der Waals surface area contributed by atoms with Crippen molar-refractivity contribution in [2.45, 2.75) is 53.9 Å². The van der Waals surface area contributed by atoms with Crippen LogP contribution in [-0.2, 0) is 42.6 Å². The minimum atomic E-state index is -1.20. The zero-order chi connectivity index (χ0) is 32.3. The van der Waals surface area contributed by atoms with Crippen molar-refractivity contribution in [3.05, 3.63) is 90.1 Å². The van der Waals surface area contributed by atoms with E-state index in [1.807, 2.05) is 45.1 Å². The summed E-state index contributed by atoms with van der Waals surface area (Å²) in [5.74, 6) is -3.01. The van der Waals surface area contributed by atoms with Gasteiger partial charge in [-0.1, -0.05) is 72.6 Å². The Hall–Kier alpha value is -4.27. The van der Waals surface area contributed by atoms with Crippen molar-refractivity contribution in [3.8, 4) is 0 Å². The van der Waals surface area contributed by atoms with E-state index in [9.17, 15) is 14.4 Å². The zero-order valence-corrected chi connectivity index (χ0v) is 28.2. The first kappa shape index (κ1) is 33.1. The van der Waals surface area contributed by atoms with E-state index >= 15 is 0 Å². The molecule has 1 fully saturated rings. The Bertz CT molecular complexity index is 1990. The first-order valence-electron chi connectivity index (χ1n) is 15.2. The van der Waals surface area contributed by atoms with Crippen molar-refractivity contribution < 1.29 is 40.9 Å². The van der Waals surface area contributed by atoms with Gasteiger partial charge in [-0.05, 0) is 51.0 Å². The molecule has 46 heavy (non-hydrogen) atoms. The van der Waals surface area contributed by atoms with E-state index in [4.69, 9.17) is 29.7 Å². The molecule has 3 aromatic heterocycles. The molecule has 3 unspecified atom stereocenters. The standard InChI is InChI=1S/C36H37N4O5.Fe/c1-9-20-16(3)23-13-25-18(5)22(11-12-29(41)44-7)33(39-25)31-32(36(43)45-8)35(42)30-19(6)26(40-34(30)31)15-28-21(10-2)17(4)24(38-28)14-27(20)37-23;/h9,13-15,18,22,32H,1,10-12H2,2-8H3,(H-,39,40,42);/q-3;+4/p-1/b24-14-,25-13-,28-15-;. The summed E-state index contributed by atoms with van der Waals surface area (Å²) in [5.41, 5.74) is 9.40. The van der Waals surface area contributed by atoms with Crippen LogP contribution in [0.3, 0.4) is 0 Å². The van der Waals surface area contributed by atoms with Gasteiger partial charge in [0, 0.05) is 12.0 Å². The molecule has 0 amide bonds. The van der Waals surface area contributed by atoms with E-state index < -0.39 is 11.9 Å². The van der Waals surface area contributed by atoms with E-state index in [2.05, 4.69) is 20.4 Å². The maximum atomic E-state index is 14.0. The summed E-state index contributed by atoms with van der Waals surface area (Å²) in [6, 6.07) is 0. The fourth-order valence-corrected chi connectivity index (χ4v) is 7.02. The Kier molecular flexibility index (Phi) is 8.99. The van der Waals surface area contributed by atoms with E-state index in [1.165, 1.54) is 14.2 Å². The Morgan fingerprint density at radius 2 is 1.63 bits per heavy atom. The minimum Gasteiger partial charge on any atom is -0.664 e. The third-order valence-corrected chi connectivity index (χ3v) is 9.63. The van der Waals surface area contributed by atoms with Crippen molar-refractivity contribution in [2.75, 3.05) is 14.2 Å². The molecule has 9 nitrogen and oxygen atoms in total. The summed E-state index contributed by atoms with van der Waals surface area (Å²) in [4.78, 5) is 54.6. The van der Waals surface area contributed by atoms with Gasteiger partial charge in [-0.25, -0.2) is 0 Å². The fourth-order valence-electron chi connectivity index (χ4n) is 7.02. The number of esters is 2. The van der Waals surface area contributed by atoms with Crippen LogP contribution < -0.4 is 25.7 Å². The average molecular weight is 661 g/mol. The molecule has 0 N–H and O–H groups in total. The number of ether oxygens (including phenoxy) is 2. The molecule has 5 heterocycles. The van der Waals surface area contributed by atoms with Crippen LogP contribution in [0, 0.1) is 38.5 Å². The fraction of sp³-hybridized carbons (Fsp3) is 0.361. The van der Waals surface area contributed by atoms with Gasteiger partial charge in [-0.2, -0.15) is 11.4 Å². The van der Waals surface area contributed by atoms with Crippen LogP contribution in [0.1, 0.15) is 87.6 Å². The smallest absolute Gasteiger partial charge is 0.664 e. The maximum absolute atomic E-state index is 14.0. The van der Waals surface area contributed by atoms with Crippen molar-refractivity contribution in [3.63, 3.8) is 0 Å². The molecule has 0 spiro atoms. The van der Waals surface area contributed by atoms with Crippen molar-refractivity contribution in [2.24, 2.45) is 17.8 Å². The van der Waals surface area contributed by atoms with Crippen LogP contribution in [0.25, 0.3) is 35.2 Å². The molecule has 8 bridgehead atoms. The molecule has 3 atom stereocenters. The van der Waals surface area contributed by atoms with E-state index in [-0.39, 0.29) is 47.1 Å². The number of methoxy groups -OCH3 is 2. The second-order valence-corrected chi connectivity index (χ2v) is 11.9. The quantitative estimate of drug-likeness (QED) is 0.221. The molecular formula is C36H36FeN4O5. The normalized spacial score (nSPS) is 23.7. The van der Waals surface area contributed by atoms with Crippen LogP contribution in [0.5, 0.6) is 0 Å². The molecule has 2 aliphatic heterocycles. The first-order chi connectivity index (χ1) is 21.5. The molecule has 0 radical (unpaired) electrons. The molecule has 6 rings (SSSR count). The number of allylic oxidation sites excluding steroid dienone is 2. The zero-order valence-electron chi connectivity index (χ0n) is 27.1. The summed E-state index contributed by atoms with van der Waals surface area (Å²) in [6.07, 6.45) is 9.00. The number of ketones is 1. The summed E-state index contributed by atoms with van der Waals surface area (Å²) >= 11 is 0. The van der Waals surface area contributed by atoms with E-state index in [0.717, 1.165) is 56.5 Å². The number of aromatic nitrogens is 3. The largest absolute Gasteiger partial charge is 4.00 e.